The highest BCUT2D eigenvalue weighted by atomic mass is 16.5. The molecular formula is C10H17N3O2. The van der Waals surface area contributed by atoms with Crippen molar-refractivity contribution in [2.45, 2.75) is 32.1 Å². The van der Waals surface area contributed by atoms with Crippen LogP contribution in [0.4, 0.5) is 0 Å². The van der Waals surface area contributed by atoms with E-state index in [9.17, 15) is 4.79 Å². The van der Waals surface area contributed by atoms with Crippen LogP contribution in [0, 0.1) is 11.8 Å². The second kappa shape index (κ2) is 4.61. The molecule has 1 aliphatic carbocycles. The SMILES string of the molecule is NCC1CCCCC1Cc1noc(=O)[nH]1. The first kappa shape index (κ1) is 10.4. The van der Waals surface area contributed by atoms with E-state index in [0.29, 0.717) is 17.7 Å². The van der Waals surface area contributed by atoms with E-state index in [4.69, 9.17) is 5.73 Å². The maximum absolute atomic E-state index is 10.8. The molecule has 0 aliphatic heterocycles. The standard InChI is InChI=1S/C10H17N3O2/c11-6-8-4-2-1-3-7(8)5-9-12-10(14)15-13-9/h7-8H,1-6,11H2,(H,12,13,14). The minimum atomic E-state index is -0.467. The molecular weight excluding hydrogens is 194 g/mol. The maximum atomic E-state index is 10.8. The molecule has 1 aliphatic rings. The first-order valence-corrected chi connectivity index (χ1v) is 5.54. The average Bonchev–Trinajstić information content (AvgIpc) is 2.65. The molecule has 1 aromatic rings. The van der Waals surface area contributed by atoms with Crippen molar-refractivity contribution < 1.29 is 4.52 Å². The van der Waals surface area contributed by atoms with Gasteiger partial charge >= 0.3 is 5.76 Å². The van der Waals surface area contributed by atoms with Crippen LogP contribution in [-0.2, 0) is 6.42 Å². The van der Waals surface area contributed by atoms with Crippen LogP contribution in [0.25, 0.3) is 0 Å². The van der Waals surface area contributed by atoms with Gasteiger partial charge in [0, 0.05) is 6.42 Å². The molecule has 5 heteroatoms. The van der Waals surface area contributed by atoms with E-state index < -0.39 is 5.76 Å². The molecule has 0 aromatic carbocycles. The van der Waals surface area contributed by atoms with Crippen LogP contribution < -0.4 is 11.5 Å². The quantitative estimate of drug-likeness (QED) is 0.769. The van der Waals surface area contributed by atoms with Crippen molar-refractivity contribution in [3.63, 3.8) is 0 Å². The predicted octanol–water partition coefficient (Wildman–Crippen LogP) is 0.671. The molecule has 2 unspecified atom stereocenters. The summed E-state index contributed by atoms with van der Waals surface area (Å²) in [5, 5.41) is 3.69. The van der Waals surface area contributed by atoms with Gasteiger partial charge in [0.25, 0.3) is 0 Å². The van der Waals surface area contributed by atoms with Crippen molar-refractivity contribution in [2.75, 3.05) is 6.54 Å². The summed E-state index contributed by atoms with van der Waals surface area (Å²) in [5.74, 6) is 1.30. The van der Waals surface area contributed by atoms with E-state index in [1.807, 2.05) is 0 Å². The minimum Gasteiger partial charge on any atom is -0.330 e. The van der Waals surface area contributed by atoms with Crippen molar-refractivity contribution in [3.8, 4) is 0 Å². The lowest BCUT2D eigenvalue weighted by atomic mass is 9.77. The number of nitrogens with zero attached hydrogens (tertiary/aromatic N) is 1. The zero-order valence-electron chi connectivity index (χ0n) is 8.74. The normalized spacial score (nSPS) is 26.7. The van der Waals surface area contributed by atoms with Crippen LogP contribution in [0.15, 0.2) is 9.32 Å². The maximum Gasteiger partial charge on any atom is 0.438 e. The Morgan fingerprint density at radius 1 is 1.40 bits per heavy atom. The van der Waals surface area contributed by atoms with Gasteiger partial charge in [-0.1, -0.05) is 18.0 Å². The van der Waals surface area contributed by atoms with Gasteiger partial charge in [-0.2, -0.15) is 0 Å². The second-order valence-corrected chi connectivity index (χ2v) is 4.29. The first-order chi connectivity index (χ1) is 7.29. The van der Waals surface area contributed by atoms with Gasteiger partial charge in [0.05, 0.1) is 0 Å². The van der Waals surface area contributed by atoms with Crippen molar-refractivity contribution in [3.05, 3.63) is 16.4 Å². The molecule has 2 rings (SSSR count). The molecule has 1 aromatic heterocycles. The van der Waals surface area contributed by atoms with Crippen LogP contribution >= 0.6 is 0 Å². The Kier molecular flexibility index (Phi) is 3.20. The van der Waals surface area contributed by atoms with Crippen molar-refractivity contribution in [1.82, 2.24) is 10.1 Å². The number of H-pyrrole nitrogens is 1. The summed E-state index contributed by atoms with van der Waals surface area (Å²) < 4.78 is 4.48. The Hall–Kier alpha value is -1.10. The van der Waals surface area contributed by atoms with Crippen LogP contribution in [0.2, 0.25) is 0 Å². The molecule has 1 fully saturated rings. The molecule has 3 N–H and O–H groups in total. The Bertz CT molecular complexity index is 358. The summed E-state index contributed by atoms with van der Waals surface area (Å²) in [6.07, 6.45) is 5.69. The summed E-state index contributed by atoms with van der Waals surface area (Å²) in [4.78, 5) is 13.4. The summed E-state index contributed by atoms with van der Waals surface area (Å²) in [6.45, 7) is 0.729. The van der Waals surface area contributed by atoms with E-state index in [0.717, 1.165) is 13.0 Å². The number of hydrogen-bond acceptors (Lipinski definition) is 4. The topological polar surface area (TPSA) is 84.9 Å². The number of aromatic amines is 1. The van der Waals surface area contributed by atoms with Gasteiger partial charge in [-0.05, 0) is 31.2 Å². The van der Waals surface area contributed by atoms with Crippen LogP contribution in [0.5, 0.6) is 0 Å². The van der Waals surface area contributed by atoms with E-state index in [1.54, 1.807) is 0 Å². The van der Waals surface area contributed by atoms with Gasteiger partial charge in [0.1, 0.15) is 0 Å². The number of nitrogens with two attached hydrogens (primary N) is 1. The smallest absolute Gasteiger partial charge is 0.330 e. The highest BCUT2D eigenvalue weighted by Gasteiger charge is 2.25. The zero-order valence-corrected chi connectivity index (χ0v) is 8.74. The van der Waals surface area contributed by atoms with Crippen molar-refractivity contribution in [1.29, 1.82) is 0 Å². The summed E-state index contributed by atoms with van der Waals surface area (Å²) in [5.41, 5.74) is 5.74. The molecule has 0 amide bonds. The fourth-order valence-electron chi connectivity index (χ4n) is 2.46. The molecule has 1 saturated carbocycles. The fraction of sp³-hybridized carbons (Fsp3) is 0.800. The third-order valence-corrected chi connectivity index (χ3v) is 3.31. The lowest BCUT2D eigenvalue weighted by molar-refractivity contribution is 0.237. The van der Waals surface area contributed by atoms with Gasteiger partial charge < -0.3 is 5.73 Å². The second-order valence-electron chi connectivity index (χ2n) is 4.29. The molecule has 1 heterocycles. The molecule has 0 saturated heterocycles. The Morgan fingerprint density at radius 3 is 2.73 bits per heavy atom. The van der Waals surface area contributed by atoms with Gasteiger partial charge in [-0.25, -0.2) is 4.79 Å². The highest BCUT2D eigenvalue weighted by Crippen LogP contribution is 2.30. The Morgan fingerprint density at radius 2 is 2.13 bits per heavy atom. The first-order valence-electron chi connectivity index (χ1n) is 5.54. The molecule has 84 valence electrons. The van der Waals surface area contributed by atoms with Gasteiger partial charge in [0.2, 0.25) is 0 Å². The van der Waals surface area contributed by atoms with Crippen molar-refractivity contribution in [2.24, 2.45) is 17.6 Å². The summed E-state index contributed by atoms with van der Waals surface area (Å²) >= 11 is 0. The fourth-order valence-corrected chi connectivity index (χ4v) is 2.46. The molecule has 0 spiro atoms. The highest BCUT2D eigenvalue weighted by molar-refractivity contribution is 4.87. The van der Waals surface area contributed by atoms with Crippen molar-refractivity contribution >= 4 is 0 Å². The van der Waals surface area contributed by atoms with Crippen LogP contribution in [-0.4, -0.2) is 16.7 Å². The van der Waals surface area contributed by atoms with E-state index in [1.165, 1.54) is 25.7 Å². The minimum absolute atomic E-state index is 0.467. The molecule has 0 bridgehead atoms. The number of nitrogens with one attached hydrogen (secondary N) is 1. The zero-order chi connectivity index (χ0) is 10.7. The number of rotatable bonds is 3. The number of aromatic nitrogens is 2. The van der Waals surface area contributed by atoms with Gasteiger partial charge in [-0.15, -0.1) is 0 Å². The van der Waals surface area contributed by atoms with Gasteiger partial charge in [0.15, 0.2) is 5.82 Å². The lowest BCUT2D eigenvalue weighted by Crippen LogP contribution is -2.28. The average molecular weight is 211 g/mol. The van der Waals surface area contributed by atoms with E-state index in [-0.39, 0.29) is 0 Å². The third-order valence-electron chi connectivity index (χ3n) is 3.31. The molecule has 2 atom stereocenters. The molecule has 0 radical (unpaired) electrons. The summed E-state index contributed by atoms with van der Waals surface area (Å²) in [6, 6.07) is 0. The monoisotopic (exact) mass is 211 g/mol. The molecule has 5 nitrogen and oxygen atoms in total. The third kappa shape index (κ3) is 2.47. The van der Waals surface area contributed by atoms with Crippen LogP contribution in [0.1, 0.15) is 31.5 Å². The largest absolute Gasteiger partial charge is 0.438 e. The lowest BCUT2D eigenvalue weighted by Gasteiger charge is -2.29. The van der Waals surface area contributed by atoms with E-state index in [2.05, 4.69) is 14.7 Å². The number of hydrogen-bond donors (Lipinski definition) is 2. The Balaban J connectivity index is 2.00. The van der Waals surface area contributed by atoms with Gasteiger partial charge in [-0.3, -0.25) is 9.51 Å². The van der Waals surface area contributed by atoms with E-state index >= 15 is 0 Å². The summed E-state index contributed by atoms with van der Waals surface area (Å²) in [7, 11) is 0. The predicted molar refractivity (Wildman–Crippen MR) is 55.3 cm³/mol. The molecule has 15 heavy (non-hydrogen) atoms. The van der Waals surface area contributed by atoms with Crippen LogP contribution in [0.3, 0.4) is 0 Å². The Labute approximate surface area is 88.0 Å².